The third kappa shape index (κ3) is 10.2. The molecule has 3 aromatic carbocycles. The molecule has 0 unspecified atom stereocenters. The molecule has 2 aliphatic rings. The molecule has 0 spiro atoms. The molecule has 6 rings (SSSR count). The lowest BCUT2D eigenvalue weighted by Gasteiger charge is -2.35. The van der Waals surface area contributed by atoms with Crippen LogP contribution in [-0.4, -0.2) is 86.5 Å². The number of aliphatic hydroxyl groups excluding tert-OH is 1. The lowest BCUT2D eigenvalue weighted by Crippen LogP contribution is -2.57. The van der Waals surface area contributed by atoms with Crippen molar-refractivity contribution in [1.29, 1.82) is 5.26 Å². The molecule has 14 nitrogen and oxygen atoms in total. The Morgan fingerprint density at radius 3 is 2.31 bits per heavy atom. The normalized spacial score (nSPS) is 17.8. The van der Waals surface area contributed by atoms with Crippen LogP contribution in [0.2, 0.25) is 0 Å². The molecule has 4 N–H and O–H groups in total. The minimum absolute atomic E-state index is 0.000683. The van der Waals surface area contributed by atoms with Gasteiger partial charge in [-0.25, -0.2) is 9.37 Å². The quantitative estimate of drug-likeness (QED) is 0.0971. The van der Waals surface area contributed by atoms with Gasteiger partial charge in [0.2, 0.25) is 17.7 Å². The number of hydrogen-bond acceptors (Lipinski definition) is 10. The molecule has 3 atom stereocenters. The molecule has 5 amide bonds. The lowest BCUT2D eigenvalue weighted by atomic mass is 9.85. The fraction of sp³-hybridized carbons (Fsp3) is 0.378. The molecule has 1 aromatic heterocycles. The first kappa shape index (κ1) is 48.2. The molecule has 0 bridgehead atoms. The first-order chi connectivity index (χ1) is 30.4. The van der Waals surface area contributed by atoms with Crippen molar-refractivity contribution in [1.82, 2.24) is 25.8 Å². The van der Waals surface area contributed by atoms with Gasteiger partial charge in [0, 0.05) is 38.2 Å². The summed E-state index contributed by atoms with van der Waals surface area (Å²) in [6, 6.07) is 13.1. The zero-order chi connectivity index (χ0) is 47.8. The number of anilines is 2. The average molecular weight is 935 g/mol. The summed E-state index contributed by atoms with van der Waals surface area (Å²) in [6.07, 6.45) is -6.20. The van der Waals surface area contributed by atoms with E-state index in [4.69, 9.17) is 12.2 Å². The topological polar surface area (TPSA) is 188 Å². The number of halogens is 4. The van der Waals surface area contributed by atoms with Crippen molar-refractivity contribution in [2.24, 2.45) is 5.41 Å². The zero-order valence-corrected chi connectivity index (χ0v) is 37.8. The van der Waals surface area contributed by atoms with Crippen molar-refractivity contribution in [2.45, 2.75) is 90.8 Å². The van der Waals surface area contributed by atoms with Gasteiger partial charge >= 0.3 is 6.18 Å². The van der Waals surface area contributed by atoms with Crippen molar-refractivity contribution >= 4 is 69.6 Å². The van der Waals surface area contributed by atoms with Crippen LogP contribution < -0.4 is 25.8 Å². The molecule has 2 fully saturated rings. The predicted octanol–water partition coefficient (Wildman–Crippen LogP) is 5.99. The van der Waals surface area contributed by atoms with Gasteiger partial charge in [0.05, 0.1) is 50.6 Å². The van der Waals surface area contributed by atoms with E-state index in [0.717, 1.165) is 50.9 Å². The number of carbonyl (C=O) groups excluding carboxylic acids is 5. The van der Waals surface area contributed by atoms with Gasteiger partial charge in [-0.3, -0.25) is 28.9 Å². The van der Waals surface area contributed by atoms with Gasteiger partial charge in [-0.15, -0.1) is 11.3 Å². The van der Waals surface area contributed by atoms with Gasteiger partial charge in [-0.1, -0.05) is 45.0 Å². The van der Waals surface area contributed by atoms with Crippen molar-refractivity contribution in [3.05, 3.63) is 99.9 Å². The van der Waals surface area contributed by atoms with Gasteiger partial charge in [0.1, 0.15) is 23.4 Å². The second kappa shape index (κ2) is 18.7. The number of thiocarbonyl (C=S) groups is 1. The van der Waals surface area contributed by atoms with Crippen LogP contribution in [0.15, 0.2) is 66.2 Å². The second-order valence-electron chi connectivity index (χ2n) is 17.3. The summed E-state index contributed by atoms with van der Waals surface area (Å²) in [4.78, 5) is 76.1. The smallest absolute Gasteiger partial charge is 0.391 e. The van der Waals surface area contributed by atoms with Crippen LogP contribution in [0.4, 0.5) is 28.9 Å². The SMILES string of the molecule is Cc1ncsc1-c1ccc(CNC(=O)[C@@H]2C[C@@H](O)CN2C(=O)[C@@H](NC(=O)CCNC(=O)c2ccc(N3C(=S)N(c4ccc(C#N)c(C(F)(F)F)c4)C(=O)C3(C)C)cc2F)C(C)(C)C)cc1. The first-order valence-corrected chi connectivity index (χ1v) is 21.7. The van der Waals surface area contributed by atoms with Gasteiger partial charge in [0.15, 0.2) is 5.11 Å². The highest BCUT2D eigenvalue weighted by molar-refractivity contribution is 7.81. The number of alkyl halides is 3. The molecule has 4 aromatic rings. The fourth-order valence-corrected chi connectivity index (χ4v) is 9.02. The molecule has 0 radical (unpaired) electrons. The number of thiazole rings is 1. The molecule has 0 aliphatic carbocycles. The zero-order valence-electron chi connectivity index (χ0n) is 36.2. The molecule has 2 saturated heterocycles. The van der Waals surface area contributed by atoms with E-state index in [1.165, 1.54) is 47.1 Å². The second-order valence-corrected chi connectivity index (χ2v) is 18.5. The first-order valence-electron chi connectivity index (χ1n) is 20.4. The van der Waals surface area contributed by atoms with E-state index in [2.05, 4.69) is 20.9 Å². The number of rotatable bonds is 12. The minimum atomic E-state index is -4.90. The molecular formula is C45H46F4N8O6S2. The highest BCUT2D eigenvalue weighted by atomic mass is 32.1. The van der Waals surface area contributed by atoms with E-state index in [1.54, 1.807) is 26.3 Å². The Hall–Kier alpha value is -6.30. The van der Waals surface area contributed by atoms with Crippen LogP contribution in [0, 0.1) is 29.5 Å². The summed E-state index contributed by atoms with van der Waals surface area (Å²) in [5.41, 5.74) is -0.425. The Morgan fingerprint density at radius 1 is 1.03 bits per heavy atom. The maximum absolute atomic E-state index is 15.6. The van der Waals surface area contributed by atoms with Crippen molar-refractivity contribution < 1.29 is 46.6 Å². The van der Waals surface area contributed by atoms with Gasteiger partial charge in [0.25, 0.3) is 11.8 Å². The number of amides is 5. The third-order valence-corrected chi connectivity index (χ3v) is 12.5. The highest BCUT2D eigenvalue weighted by Gasteiger charge is 2.51. The van der Waals surface area contributed by atoms with E-state index in [0.29, 0.717) is 6.07 Å². The number of hydrogen-bond donors (Lipinski definition) is 4. The summed E-state index contributed by atoms with van der Waals surface area (Å²) in [7, 11) is 0. The maximum atomic E-state index is 15.6. The van der Waals surface area contributed by atoms with Crippen molar-refractivity contribution in [3.8, 4) is 16.5 Å². The van der Waals surface area contributed by atoms with Crippen LogP contribution in [-0.2, 0) is 31.9 Å². The van der Waals surface area contributed by atoms with Crippen molar-refractivity contribution in [2.75, 3.05) is 22.9 Å². The molecule has 0 saturated carbocycles. The van der Waals surface area contributed by atoms with E-state index < -0.39 is 87.4 Å². The number of carbonyl (C=O) groups is 5. The number of nitrogens with one attached hydrogen (secondary N) is 3. The Balaban J connectivity index is 1.06. The van der Waals surface area contributed by atoms with Crippen LogP contribution >= 0.6 is 23.6 Å². The van der Waals surface area contributed by atoms with E-state index in [1.807, 2.05) is 31.2 Å². The largest absolute Gasteiger partial charge is 0.417 e. The summed E-state index contributed by atoms with van der Waals surface area (Å²) in [5, 5.41) is 27.5. The number of nitriles is 1. The summed E-state index contributed by atoms with van der Waals surface area (Å²) < 4.78 is 56.9. The number of likely N-dealkylation sites (tertiary alicyclic amines) is 1. The van der Waals surface area contributed by atoms with Crippen LogP contribution in [0.25, 0.3) is 10.4 Å². The molecule has 3 heterocycles. The van der Waals surface area contributed by atoms with Crippen LogP contribution in [0.1, 0.15) is 80.2 Å². The van der Waals surface area contributed by atoms with E-state index >= 15 is 4.39 Å². The van der Waals surface area contributed by atoms with Gasteiger partial charge < -0.3 is 30.9 Å². The minimum Gasteiger partial charge on any atom is -0.391 e. The summed E-state index contributed by atoms with van der Waals surface area (Å²) in [5.74, 6) is -4.32. The van der Waals surface area contributed by atoms with Crippen molar-refractivity contribution in [3.63, 3.8) is 0 Å². The predicted molar refractivity (Wildman–Crippen MR) is 238 cm³/mol. The maximum Gasteiger partial charge on any atom is 0.417 e. The Kier molecular flexibility index (Phi) is 13.8. The number of benzene rings is 3. The number of aliphatic hydroxyl groups is 1. The van der Waals surface area contributed by atoms with Crippen LogP contribution in [0.3, 0.4) is 0 Å². The Bertz CT molecular complexity index is 2590. The number of aryl methyl sites for hydroxylation is 1. The number of β-amino-alcohol motifs (C(OH)–C–C–N with tert-alkyl or cyclic N) is 1. The standard InChI is InChI=1S/C45H46F4N8O6S2/c1-24-36(65-23-53-24)26-9-7-25(8-10-26)21-52-39(61)34-19-30(58)22-55(34)40(62)37(43(2,3)4)54-35(59)15-16-51-38(60)31-14-13-29(18-33(31)46)57-42(64)56(41(63)44(57,5)6)28-12-11-27(20-50)32(17-28)45(47,48)49/h7-14,17-18,23,30,34,37,58H,15-16,19,21-22H2,1-6H3,(H,51,60)(H,52,61)(H,54,59)/t30-,34+,37-/m1/s1. The Labute approximate surface area is 381 Å². The Morgan fingerprint density at radius 2 is 1.71 bits per heavy atom. The molecule has 342 valence electrons. The molecule has 2 aliphatic heterocycles. The van der Waals surface area contributed by atoms with Gasteiger partial charge in [-0.05, 0) is 85.9 Å². The monoisotopic (exact) mass is 934 g/mol. The summed E-state index contributed by atoms with van der Waals surface area (Å²) in [6.45, 7) is 9.76. The highest BCUT2D eigenvalue weighted by Crippen LogP contribution is 2.40. The lowest BCUT2D eigenvalue weighted by molar-refractivity contribution is -0.144. The number of aromatic nitrogens is 1. The van der Waals surface area contributed by atoms with E-state index in [9.17, 15) is 47.5 Å². The van der Waals surface area contributed by atoms with Crippen LogP contribution in [0.5, 0.6) is 0 Å². The molecular weight excluding hydrogens is 889 g/mol. The third-order valence-electron chi connectivity index (χ3n) is 11.2. The number of nitrogens with zero attached hydrogens (tertiary/aromatic N) is 5. The summed E-state index contributed by atoms with van der Waals surface area (Å²) >= 11 is 7.05. The fourth-order valence-electron chi connectivity index (χ4n) is 7.68. The average Bonchev–Trinajstić information content (AvgIpc) is 3.90. The van der Waals surface area contributed by atoms with Gasteiger partial charge in [-0.2, -0.15) is 18.4 Å². The molecule has 20 heteroatoms. The van der Waals surface area contributed by atoms with E-state index in [-0.39, 0.29) is 49.0 Å². The molecule has 65 heavy (non-hydrogen) atoms.